The predicted molar refractivity (Wildman–Crippen MR) is 139 cm³/mol. The molecule has 3 aromatic heterocycles. The topological polar surface area (TPSA) is 144 Å². The lowest BCUT2D eigenvalue weighted by atomic mass is 10.1. The monoisotopic (exact) mass is 515 g/mol. The van der Waals surface area contributed by atoms with E-state index < -0.39 is 6.09 Å². The summed E-state index contributed by atoms with van der Waals surface area (Å²) in [6.07, 6.45) is 0.880. The van der Waals surface area contributed by atoms with E-state index in [2.05, 4.69) is 16.3 Å². The first kappa shape index (κ1) is 25.1. The van der Waals surface area contributed by atoms with Crippen LogP contribution in [0.4, 0.5) is 16.4 Å². The lowest BCUT2D eigenvalue weighted by molar-refractivity contribution is 0.0996. The van der Waals surface area contributed by atoms with Crippen LogP contribution in [0.3, 0.4) is 0 Å². The Kier molecular flexibility index (Phi) is 6.44. The van der Waals surface area contributed by atoms with E-state index in [-0.39, 0.29) is 31.1 Å². The molecule has 5 heterocycles. The Morgan fingerprint density at radius 1 is 1.26 bits per heavy atom. The summed E-state index contributed by atoms with van der Waals surface area (Å²) in [7, 11) is 3.37. The Morgan fingerprint density at radius 2 is 2.05 bits per heavy atom. The highest BCUT2D eigenvalue weighted by Crippen LogP contribution is 2.35. The van der Waals surface area contributed by atoms with Crippen LogP contribution in [0.5, 0.6) is 0 Å². The van der Waals surface area contributed by atoms with Crippen molar-refractivity contribution in [3.8, 4) is 17.6 Å². The number of nitrogens with zero attached hydrogens (tertiary/aromatic N) is 9. The van der Waals surface area contributed by atoms with Gasteiger partial charge in [-0.2, -0.15) is 5.26 Å². The second kappa shape index (κ2) is 9.74. The number of nitriles is 1. The second-order valence-electron chi connectivity index (χ2n) is 9.93. The number of hydrogen-bond acceptors (Lipinski definition) is 8. The Morgan fingerprint density at radius 3 is 2.76 bits per heavy atom. The van der Waals surface area contributed by atoms with E-state index in [1.807, 2.05) is 42.5 Å². The summed E-state index contributed by atoms with van der Waals surface area (Å²) in [5, 5.41) is 27.3. The van der Waals surface area contributed by atoms with Crippen molar-refractivity contribution < 1.29 is 14.7 Å². The molecule has 0 saturated carbocycles. The van der Waals surface area contributed by atoms with Gasteiger partial charge in [-0.05, 0) is 38.5 Å². The number of carbonyl (C=O) groups excluding carboxylic acids is 1. The van der Waals surface area contributed by atoms with Crippen LogP contribution in [-0.2, 0) is 19.5 Å². The number of amides is 2. The smallest absolute Gasteiger partial charge is 0.407 e. The molecule has 12 nitrogen and oxygen atoms in total. The molecule has 3 aromatic rings. The summed E-state index contributed by atoms with van der Waals surface area (Å²) in [5.74, 6) is 2.24. The van der Waals surface area contributed by atoms with Crippen molar-refractivity contribution in [1.82, 2.24) is 29.6 Å². The molecule has 1 N–H and O–H groups in total. The van der Waals surface area contributed by atoms with E-state index in [0.29, 0.717) is 46.4 Å². The van der Waals surface area contributed by atoms with Crippen LogP contribution in [0.15, 0.2) is 24.3 Å². The molecule has 0 fully saturated rings. The molecule has 5 rings (SSSR count). The molecule has 0 aliphatic carbocycles. The molecule has 12 heteroatoms. The molecule has 0 bridgehead atoms. The highest BCUT2D eigenvalue weighted by molar-refractivity contribution is 6.10. The van der Waals surface area contributed by atoms with Crippen molar-refractivity contribution >= 4 is 23.6 Å². The first-order valence-corrected chi connectivity index (χ1v) is 12.5. The quantitative estimate of drug-likeness (QED) is 0.501. The van der Waals surface area contributed by atoms with E-state index in [1.54, 1.807) is 17.0 Å². The number of carbonyl (C=O) groups is 2. The lowest BCUT2D eigenvalue weighted by Gasteiger charge is -2.24. The van der Waals surface area contributed by atoms with E-state index in [4.69, 9.17) is 9.97 Å². The van der Waals surface area contributed by atoms with Crippen LogP contribution in [0.25, 0.3) is 11.5 Å². The van der Waals surface area contributed by atoms with Gasteiger partial charge in [0.1, 0.15) is 23.2 Å². The fraction of sp³-hybridized carbons (Fsp3) is 0.423. The van der Waals surface area contributed by atoms with Crippen molar-refractivity contribution in [3.63, 3.8) is 0 Å². The van der Waals surface area contributed by atoms with Gasteiger partial charge in [0, 0.05) is 32.1 Å². The number of fused-ring (bicyclic) bond motifs is 2. The predicted octanol–water partition coefficient (Wildman–Crippen LogP) is 3.25. The van der Waals surface area contributed by atoms with Crippen LogP contribution in [-0.4, -0.2) is 66.9 Å². The Balaban J connectivity index is 1.52. The van der Waals surface area contributed by atoms with E-state index in [0.717, 1.165) is 23.6 Å². The van der Waals surface area contributed by atoms with Crippen LogP contribution < -0.4 is 9.80 Å². The third kappa shape index (κ3) is 4.30. The minimum absolute atomic E-state index is 0.000597. The van der Waals surface area contributed by atoms with Gasteiger partial charge < -0.3 is 19.5 Å². The van der Waals surface area contributed by atoms with Crippen molar-refractivity contribution in [1.29, 1.82) is 5.26 Å². The number of anilines is 2. The van der Waals surface area contributed by atoms with Crippen LogP contribution >= 0.6 is 0 Å². The SMILES string of the molecule is CC(C)N(C)c1cc2c(c(CN(C)C(=O)O)n1)CN(c1cccc(-c3nnc4n3C(CC#N)CC4)n1)C2=O. The fourth-order valence-electron chi connectivity index (χ4n) is 4.88. The van der Waals surface area contributed by atoms with Gasteiger partial charge in [-0.1, -0.05) is 6.07 Å². The molecule has 0 radical (unpaired) electrons. The molecule has 2 amide bonds. The number of carboxylic acid groups (broad SMARTS) is 1. The normalized spacial score (nSPS) is 15.9. The second-order valence-corrected chi connectivity index (χ2v) is 9.93. The van der Waals surface area contributed by atoms with Gasteiger partial charge in [-0.25, -0.2) is 14.8 Å². The van der Waals surface area contributed by atoms with Gasteiger partial charge in [-0.15, -0.1) is 10.2 Å². The van der Waals surface area contributed by atoms with E-state index >= 15 is 0 Å². The molecule has 2 aliphatic rings. The van der Waals surface area contributed by atoms with Gasteiger partial charge in [0.05, 0.1) is 42.9 Å². The first-order valence-electron chi connectivity index (χ1n) is 12.5. The van der Waals surface area contributed by atoms with Crippen molar-refractivity contribution in [3.05, 3.63) is 46.9 Å². The third-order valence-corrected chi connectivity index (χ3v) is 7.24. The molecule has 0 aromatic carbocycles. The maximum atomic E-state index is 13.7. The minimum atomic E-state index is -1.07. The van der Waals surface area contributed by atoms with E-state index in [9.17, 15) is 20.0 Å². The van der Waals surface area contributed by atoms with Crippen molar-refractivity contribution in [2.75, 3.05) is 23.9 Å². The Bertz CT molecular complexity index is 1460. The maximum Gasteiger partial charge on any atom is 0.407 e. The molecule has 196 valence electrons. The number of aryl methyl sites for hydroxylation is 1. The molecule has 0 saturated heterocycles. The Labute approximate surface area is 220 Å². The average Bonchev–Trinajstić information content (AvgIpc) is 3.58. The highest BCUT2D eigenvalue weighted by Gasteiger charge is 2.34. The summed E-state index contributed by atoms with van der Waals surface area (Å²) in [5.41, 5.74) is 2.28. The van der Waals surface area contributed by atoms with Crippen LogP contribution in [0.2, 0.25) is 0 Å². The van der Waals surface area contributed by atoms with Gasteiger partial charge in [0.2, 0.25) is 0 Å². The summed E-state index contributed by atoms with van der Waals surface area (Å²) in [6.45, 7) is 4.31. The van der Waals surface area contributed by atoms with Crippen LogP contribution in [0.1, 0.15) is 60.2 Å². The number of pyridine rings is 2. The summed E-state index contributed by atoms with van der Waals surface area (Å²) in [6, 6.07) is 9.54. The van der Waals surface area contributed by atoms with Crippen molar-refractivity contribution in [2.24, 2.45) is 0 Å². The standard InChI is InChI=1S/C26H29N9O3/c1-15(2)33(4)23-12-17-18(20(29-23)14-32(3)26(37)38)13-34(25(17)36)21-7-5-6-19(28-21)24-31-30-22-9-8-16(10-11-27)35(22)24/h5-7,12,15-16H,8-10,13-14H2,1-4H3,(H,37,38). The highest BCUT2D eigenvalue weighted by atomic mass is 16.4. The minimum Gasteiger partial charge on any atom is -0.465 e. The van der Waals surface area contributed by atoms with Gasteiger partial charge in [0.15, 0.2) is 5.82 Å². The van der Waals surface area contributed by atoms with Gasteiger partial charge in [-0.3, -0.25) is 9.69 Å². The summed E-state index contributed by atoms with van der Waals surface area (Å²) >= 11 is 0. The maximum absolute atomic E-state index is 13.7. The molecular formula is C26H29N9O3. The molecule has 2 aliphatic heterocycles. The Hall–Kier alpha value is -4.53. The molecule has 1 atom stereocenters. The van der Waals surface area contributed by atoms with Gasteiger partial charge in [0.25, 0.3) is 5.91 Å². The largest absolute Gasteiger partial charge is 0.465 e. The summed E-state index contributed by atoms with van der Waals surface area (Å²) < 4.78 is 1.98. The number of aromatic nitrogens is 5. The fourth-order valence-corrected chi connectivity index (χ4v) is 4.88. The van der Waals surface area contributed by atoms with Crippen molar-refractivity contribution in [2.45, 2.75) is 58.3 Å². The van der Waals surface area contributed by atoms with Gasteiger partial charge >= 0.3 is 6.09 Å². The molecule has 38 heavy (non-hydrogen) atoms. The number of hydrogen-bond donors (Lipinski definition) is 1. The molecular weight excluding hydrogens is 486 g/mol. The van der Waals surface area contributed by atoms with E-state index in [1.165, 1.54) is 7.05 Å². The number of rotatable bonds is 7. The molecule has 0 spiro atoms. The zero-order valence-electron chi connectivity index (χ0n) is 21.8. The zero-order chi connectivity index (χ0) is 27.1. The summed E-state index contributed by atoms with van der Waals surface area (Å²) in [4.78, 5) is 39.4. The molecule has 1 unspecified atom stereocenters. The zero-order valence-corrected chi connectivity index (χ0v) is 21.8. The first-order chi connectivity index (χ1) is 18.2. The van der Waals surface area contributed by atoms with Crippen LogP contribution in [0, 0.1) is 11.3 Å². The lowest BCUT2D eigenvalue weighted by Crippen LogP contribution is -2.29. The third-order valence-electron chi connectivity index (χ3n) is 7.24. The average molecular weight is 516 g/mol.